The highest BCUT2D eigenvalue weighted by Crippen LogP contribution is 2.52. The third-order valence-corrected chi connectivity index (χ3v) is 5.24. The second-order valence-corrected chi connectivity index (χ2v) is 6.67. The van der Waals surface area contributed by atoms with Gasteiger partial charge in [-0.05, 0) is 36.0 Å². The fourth-order valence-corrected chi connectivity index (χ4v) is 4.17. The first kappa shape index (κ1) is 15.1. The Morgan fingerprint density at radius 1 is 1.17 bits per heavy atom. The van der Waals surface area contributed by atoms with E-state index in [1.807, 2.05) is 12.2 Å². The summed E-state index contributed by atoms with van der Waals surface area (Å²) in [6.45, 7) is -0.105. The van der Waals surface area contributed by atoms with Crippen LogP contribution in [0.25, 0.3) is 0 Å². The zero-order valence-electron chi connectivity index (χ0n) is 12.9. The normalized spacial score (nSPS) is 30.1. The lowest BCUT2D eigenvalue weighted by atomic mass is 9.85. The fraction of sp³-hybridized carbons (Fsp3) is 0.389. The van der Waals surface area contributed by atoms with E-state index < -0.39 is 5.91 Å². The van der Waals surface area contributed by atoms with Crippen LogP contribution in [0, 0.1) is 29.5 Å². The van der Waals surface area contributed by atoms with Crippen molar-refractivity contribution in [3.8, 4) is 0 Å². The van der Waals surface area contributed by atoms with Crippen LogP contribution in [0.3, 0.4) is 0 Å². The summed E-state index contributed by atoms with van der Waals surface area (Å²) in [5, 5.41) is 2.63. The number of rotatable bonds is 4. The maximum absolute atomic E-state index is 13.1. The lowest BCUT2D eigenvalue weighted by Crippen LogP contribution is -2.41. The predicted molar refractivity (Wildman–Crippen MR) is 82.7 cm³/mol. The van der Waals surface area contributed by atoms with Crippen LogP contribution in [0.5, 0.6) is 0 Å². The second kappa shape index (κ2) is 5.54. The lowest BCUT2D eigenvalue weighted by molar-refractivity contribution is -0.144. The minimum absolute atomic E-state index is 0.136. The number of carbonyl (C=O) groups is 3. The van der Waals surface area contributed by atoms with Crippen LogP contribution in [0.4, 0.5) is 4.39 Å². The number of likely N-dealkylation sites (tertiary alicyclic amines) is 1. The van der Waals surface area contributed by atoms with Crippen molar-refractivity contribution in [2.45, 2.75) is 13.0 Å². The van der Waals surface area contributed by atoms with Gasteiger partial charge in [-0.1, -0.05) is 24.3 Å². The summed E-state index contributed by atoms with van der Waals surface area (Å²) in [4.78, 5) is 38.1. The van der Waals surface area contributed by atoms with Gasteiger partial charge in [0.15, 0.2) is 0 Å². The number of hydrogen-bond acceptors (Lipinski definition) is 3. The van der Waals surface area contributed by atoms with Crippen LogP contribution in [0.2, 0.25) is 0 Å². The molecule has 4 rings (SSSR count). The largest absolute Gasteiger partial charge is 0.350 e. The minimum atomic E-state index is -0.416. The molecule has 0 unspecified atom stereocenters. The number of fused-ring (bicyclic) bond motifs is 5. The first-order chi connectivity index (χ1) is 11.5. The Bertz CT molecular complexity index is 730. The molecule has 0 radical (unpaired) electrons. The summed E-state index contributed by atoms with van der Waals surface area (Å²) >= 11 is 0. The molecule has 1 aromatic rings. The molecule has 124 valence electrons. The summed E-state index contributed by atoms with van der Waals surface area (Å²) in [6, 6.07) is 5.92. The number of carbonyl (C=O) groups excluding carboxylic acids is 3. The van der Waals surface area contributed by atoms with E-state index in [2.05, 4.69) is 5.32 Å². The number of nitrogens with one attached hydrogen (secondary N) is 1. The molecule has 4 atom stereocenters. The van der Waals surface area contributed by atoms with Crippen LogP contribution in [0.15, 0.2) is 36.4 Å². The van der Waals surface area contributed by atoms with E-state index in [0.29, 0.717) is 5.56 Å². The van der Waals surface area contributed by atoms with E-state index in [-0.39, 0.29) is 54.4 Å². The Kier molecular flexibility index (Phi) is 3.48. The zero-order valence-corrected chi connectivity index (χ0v) is 12.9. The highest BCUT2D eigenvalue weighted by Gasteiger charge is 2.59. The molecule has 1 aliphatic heterocycles. The van der Waals surface area contributed by atoms with Crippen LogP contribution >= 0.6 is 0 Å². The molecule has 0 aromatic heterocycles. The molecule has 24 heavy (non-hydrogen) atoms. The summed E-state index contributed by atoms with van der Waals surface area (Å²) in [5.41, 5.74) is 0.626. The molecule has 6 heteroatoms. The van der Waals surface area contributed by atoms with Crippen LogP contribution in [-0.4, -0.2) is 29.2 Å². The Labute approximate surface area is 138 Å². The van der Waals surface area contributed by atoms with Crippen LogP contribution < -0.4 is 5.32 Å². The van der Waals surface area contributed by atoms with E-state index in [1.165, 1.54) is 12.1 Å². The first-order valence-electron chi connectivity index (χ1n) is 8.09. The number of halogens is 1. The smallest absolute Gasteiger partial charge is 0.240 e. The van der Waals surface area contributed by atoms with Crippen molar-refractivity contribution in [1.29, 1.82) is 0 Å². The summed E-state index contributed by atoms with van der Waals surface area (Å²) in [6.07, 6.45) is 4.90. The molecule has 3 aliphatic rings. The van der Waals surface area contributed by atoms with Crippen molar-refractivity contribution in [2.75, 3.05) is 6.54 Å². The van der Waals surface area contributed by atoms with Gasteiger partial charge in [-0.25, -0.2) is 4.39 Å². The highest BCUT2D eigenvalue weighted by atomic mass is 19.1. The highest BCUT2D eigenvalue weighted by molar-refractivity contribution is 6.08. The molecule has 2 fully saturated rings. The van der Waals surface area contributed by atoms with Gasteiger partial charge in [-0.2, -0.15) is 0 Å². The molecule has 0 spiro atoms. The molecule has 1 saturated heterocycles. The topological polar surface area (TPSA) is 66.5 Å². The van der Waals surface area contributed by atoms with Crippen molar-refractivity contribution >= 4 is 17.7 Å². The average Bonchev–Trinajstić information content (AvgIpc) is 3.23. The maximum Gasteiger partial charge on any atom is 0.240 e. The summed E-state index contributed by atoms with van der Waals surface area (Å²) in [7, 11) is 0. The van der Waals surface area contributed by atoms with Crippen molar-refractivity contribution in [3.63, 3.8) is 0 Å². The van der Waals surface area contributed by atoms with Gasteiger partial charge in [-0.15, -0.1) is 0 Å². The SMILES string of the molecule is O=C(CN1C(=O)[C@@H]2[C@@H](C1=O)[C@H]1C=C[C@H]2C1)NCc1cccc(F)c1. The Morgan fingerprint density at radius 2 is 1.83 bits per heavy atom. The number of hydrogen-bond donors (Lipinski definition) is 1. The van der Waals surface area contributed by atoms with Gasteiger partial charge in [0.25, 0.3) is 0 Å². The monoisotopic (exact) mass is 328 g/mol. The molecule has 3 amide bonds. The third-order valence-electron chi connectivity index (χ3n) is 5.24. The molecule has 1 aromatic carbocycles. The average molecular weight is 328 g/mol. The van der Waals surface area contributed by atoms with Crippen molar-refractivity contribution in [2.24, 2.45) is 23.7 Å². The zero-order chi connectivity index (χ0) is 16.8. The van der Waals surface area contributed by atoms with Gasteiger partial charge in [0.05, 0.1) is 11.8 Å². The number of allylic oxidation sites excluding steroid dienone is 2. The van der Waals surface area contributed by atoms with Crippen LogP contribution in [-0.2, 0) is 20.9 Å². The van der Waals surface area contributed by atoms with E-state index >= 15 is 0 Å². The van der Waals surface area contributed by atoms with Crippen molar-refractivity contribution in [1.82, 2.24) is 10.2 Å². The van der Waals surface area contributed by atoms with Gasteiger partial charge in [0.1, 0.15) is 12.4 Å². The van der Waals surface area contributed by atoms with Gasteiger partial charge >= 0.3 is 0 Å². The quantitative estimate of drug-likeness (QED) is 0.668. The number of amides is 3. The van der Waals surface area contributed by atoms with E-state index in [9.17, 15) is 18.8 Å². The van der Waals surface area contributed by atoms with Crippen molar-refractivity contribution < 1.29 is 18.8 Å². The first-order valence-corrected chi connectivity index (χ1v) is 8.09. The van der Waals surface area contributed by atoms with E-state index in [1.54, 1.807) is 12.1 Å². The molecular formula is C18H17FN2O3. The fourth-order valence-electron chi connectivity index (χ4n) is 4.17. The summed E-state index contributed by atoms with van der Waals surface area (Å²) in [5.74, 6) is -1.56. The van der Waals surface area contributed by atoms with E-state index in [0.717, 1.165) is 11.3 Å². The molecule has 2 bridgehead atoms. The van der Waals surface area contributed by atoms with Gasteiger partial charge in [0.2, 0.25) is 17.7 Å². The lowest BCUT2D eigenvalue weighted by Gasteiger charge is -2.16. The minimum Gasteiger partial charge on any atom is -0.350 e. The number of benzene rings is 1. The molecule has 2 aliphatic carbocycles. The Morgan fingerprint density at radius 3 is 2.46 bits per heavy atom. The van der Waals surface area contributed by atoms with Gasteiger partial charge in [-0.3, -0.25) is 19.3 Å². The molecule has 5 nitrogen and oxygen atoms in total. The predicted octanol–water partition coefficient (Wildman–Crippen LogP) is 1.25. The second-order valence-electron chi connectivity index (χ2n) is 6.67. The summed E-state index contributed by atoms with van der Waals surface area (Å²) < 4.78 is 13.1. The van der Waals surface area contributed by atoms with Crippen LogP contribution in [0.1, 0.15) is 12.0 Å². The number of nitrogens with zero attached hydrogens (tertiary/aromatic N) is 1. The number of imide groups is 1. The third kappa shape index (κ3) is 2.33. The van der Waals surface area contributed by atoms with Gasteiger partial charge < -0.3 is 5.32 Å². The maximum atomic E-state index is 13.1. The van der Waals surface area contributed by atoms with Crippen molar-refractivity contribution in [3.05, 3.63) is 47.8 Å². The molecule has 1 saturated carbocycles. The molecule has 1 N–H and O–H groups in total. The van der Waals surface area contributed by atoms with Gasteiger partial charge in [0, 0.05) is 6.54 Å². The standard InChI is InChI=1S/C18H17FN2O3/c19-13-3-1-2-10(6-13)8-20-14(22)9-21-17(23)15-11-4-5-12(7-11)16(15)18(21)24/h1-6,11-12,15-16H,7-9H2,(H,20,22)/t11-,12-,15-,16-/m0/s1. The molecule has 1 heterocycles. The van der Waals surface area contributed by atoms with E-state index in [4.69, 9.17) is 0 Å². The molecular weight excluding hydrogens is 311 g/mol. The Hall–Kier alpha value is -2.50. The Balaban J connectivity index is 1.38.